The summed E-state index contributed by atoms with van der Waals surface area (Å²) in [5.74, 6) is -1.72. The summed E-state index contributed by atoms with van der Waals surface area (Å²) in [4.78, 5) is 25.8. The van der Waals surface area contributed by atoms with Crippen LogP contribution in [0.5, 0.6) is 0 Å². The van der Waals surface area contributed by atoms with E-state index < -0.39 is 26.5 Å². The monoisotopic (exact) mass is 444 g/mol. The molecule has 0 spiro atoms. The van der Waals surface area contributed by atoms with Crippen molar-refractivity contribution in [3.8, 4) is 0 Å². The van der Waals surface area contributed by atoms with Crippen LogP contribution in [0.25, 0.3) is 0 Å². The summed E-state index contributed by atoms with van der Waals surface area (Å²) in [5.41, 5.74) is 5.99. The highest BCUT2D eigenvalue weighted by atomic mass is 35.5. The molecule has 1 amide bonds. The second-order valence-corrected chi connectivity index (χ2v) is 11.0. The molecule has 28 heavy (non-hydrogen) atoms. The van der Waals surface area contributed by atoms with Gasteiger partial charge in [0.05, 0.1) is 10.6 Å². The number of amides is 1. The topological polar surface area (TPSA) is 127 Å². The van der Waals surface area contributed by atoms with E-state index in [1.807, 2.05) is 26.2 Å². The number of nitrogens with zero attached hydrogens (tertiary/aromatic N) is 1. The van der Waals surface area contributed by atoms with Crippen molar-refractivity contribution in [1.29, 1.82) is 0 Å². The van der Waals surface area contributed by atoms with Gasteiger partial charge in [-0.1, -0.05) is 32.4 Å². The molecule has 0 bridgehead atoms. The number of sulfone groups is 1. The summed E-state index contributed by atoms with van der Waals surface area (Å²) in [7, 11) is -3.80. The maximum absolute atomic E-state index is 12.0. The lowest BCUT2D eigenvalue weighted by molar-refractivity contribution is -0.137. The van der Waals surface area contributed by atoms with E-state index in [-0.39, 0.29) is 23.2 Å². The molecule has 2 aromatic rings. The van der Waals surface area contributed by atoms with Crippen molar-refractivity contribution >= 4 is 44.7 Å². The van der Waals surface area contributed by atoms with Gasteiger partial charge in [-0.15, -0.1) is 11.3 Å². The SMILES string of the molecule is CC(C)(C)c1csc(C(N)=O)n1.O=C(O)C1(S(=O)(=O)c2ccc(Cl)cc2)CC1. The molecule has 0 aliphatic heterocycles. The third kappa shape index (κ3) is 4.53. The van der Waals surface area contributed by atoms with Gasteiger partial charge < -0.3 is 10.8 Å². The molecule has 1 aliphatic carbocycles. The summed E-state index contributed by atoms with van der Waals surface area (Å²) in [6.07, 6.45) is 0.348. The van der Waals surface area contributed by atoms with Gasteiger partial charge in [-0.25, -0.2) is 13.4 Å². The van der Waals surface area contributed by atoms with Gasteiger partial charge in [0.25, 0.3) is 5.91 Å². The van der Waals surface area contributed by atoms with Gasteiger partial charge in [0.2, 0.25) is 0 Å². The number of hydrogen-bond donors (Lipinski definition) is 2. The number of nitrogens with two attached hydrogens (primary N) is 1. The average Bonchev–Trinajstić information content (AvgIpc) is 3.25. The van der Waals surface area contributed by atoms with Crippen LogP contribution in [0.15, 0.2) is 34.5 Å². The minimum atomic E-state index is -3.80. The molecular weight excluding hydrogens is 424 g/mol. The maximum Gasteiger partial charge on any atom is 0.325 e. The number of benzene rings is 1. The van der Waals surface area contributed by atoms with Crippen molar-refractivity contribution in [2.75, 3.05) is 0 Å². The largest absolute Gasteiger partial charge is 0.480 e. The number of carbonyl (C=O) groups excluding carboxylic acids is 1. The second-order valence-electron chi connectivity index (χ2n) is 7.41. The van der Waals surface area contributed by atoms with Crippen LogP contribution >= 0.6 is 22.9 Å². The third-order valence-electron chi connectivity index (χ3n) is 4.22. The lowest BCUT2D eigenvalue weighted by Crippen LogP contribution is -2.32. The first-order chi connectivity index (χ1) is 12.8. The van der Waals surface area contributed by atoms with E-state index in [1.54, 1.807) is 0 Å². The zero-order valence-electron chi connectivity index (χ0n) is 15.6. The van der Waals surface area contributed by atoms with Crippen molar-refractivity contribution in [1.82, 2.24) is 4.98 Å². The highest BCUT2D eigenvalue weighted by Crippen LogP contribution is 2.47. The number of aliphatic carboxylic acids is 1. The number of aromatic nitrogens is 1. The molecule has 1 aliphatic rings. The Labute approximate surface area is 172 Å². The predicted molar refractivity (Wildman–Crippen MR) is 108 cm³/mol. The molecule has 0 radical (unpaired) electrons. The average molecular weight is 445 g/mol. The minimum Gasteiger partial charge on any atom is -0.480 e. The molecule has 3 rings (SSSR count). The normalized spacial score (nSPS) is 15.3. The smallest absolute Gasteiger partial charge is 0.325 e. The summed E-state index contributed by atoms with van der Waals surface area (Å²) in [6.45, 7) is 6.15. The van der Waals surface area contributed by atoms with Gasteiger partial charge in [-0.2, -0.15) is 0 Å². The molecule has 1 heterocycles. The van der Waals surface area contributed by atoms with E-state index in [9.17, 15) is 18.0 Å². The van der Waals surface area contributed by atoms with Crippen molar-refractivity contribution in [2.24, 2.45) is 5.73 Å². The van der Waals surface area contributed by atoms with E-state index in [1.165, 1.54) is 35.6 Å². The number of primary amides is 1. The third-order valence-corrected chi connectivity index (χ3v) is 7.83. The standard InChI is InChI=1S/C10H9ClO4S.C8H12N2OS/c11-7-1-3-8(4-2-7)16(14,15)10(5-6-10)9(12)13;1-8(2,3)5-4-12-7(10-5)6(9)11/h1-4H,5-6H2,(H,12,13);4H,1-3H3,(H2,9,11). The Balaban J connectivity index is 0.000000209. The first-order valence-electron chi connectivity index (χ1n) is 8.31. The number of carboxylic acid groups (broad SMARTS) is 1. The second kappa shape index (κ2) is 7.81. The fourth-order valence-electron chi connectivity index (χ4n) is 2.28. The molecular formula is C18H21ClN2O5S2. The van der Waals surface area contributed by atoms with Gasteiger partial charge in [0, 0.05) is 15.8 Å². The first kappa shape index (κ1) is 22.3. The Morgan fingerprint density at radius 3 is 2.07 bits per heavy atom. The Morgan fingerprint density at radius 2 is 1.75 bits per heavy atom. The van der Waals surface area contributed by atoms with Crippen LogP contribution in [0.2, 0.25) is 5.02 Å². The maximum atomic E-state index is 12.0. The molecule has 1 aromatic heterocycles. The summed E-state index contributed by atoms with van der Waals surface area (Å²) >= 11 is 6.94. The first-order valence-corrected chi connectivity index (χ1v) is 11.0. The van der Waals surface area contributed by atoms with Gasteiger partial charge in [0.15, 0.2) is 19.6 Å². The number of hydrogen-bond acceptors (Lipinski definition) is 6. The summed E-state index contributed by atoms with van der Waals surface area (Å²) < 4.78 is 22.5. The number of halogens is 1. The van der Waals surface area contributed by atoms with Crippen molar-refractivity contribution < 1.29 is 23.1 Å². The number of carbonyl (C=O) groups is 2. The van der Waals surface area contributed by atoms with Crippen LogP contribution in [0.4, 0.5) is 0 Å². The lowest BCUT2D eigenvalue weighted by Gasteiger charge is -2.13. The molecule has 1 aromatic carbocycles. The molecule has 10 heteroatoms. The number of thiazole rings is 1. The lowest BCUT2D eigenvalue weighted by atomic mass is 9.93. The zero-order chi connectivity index (χ0) is 21.3. The highest BCUT2D eigenvalue weighted by Gasteiger charge is 2.61. The van der Waals surface area contributed by atoms with Crippen LogP contribution in [0.1, 0.15) is 49.1 Å². The van der Waals surface area contributed by atoms with Crippen LogP contribution in [0.3, 0.4) is 0 Å². The van der Waals surface area contributed by atoms with Crippen molar-refractivity contribution in [3.63, 3.8) is 0 Å². The van der Waals surface area contributed by atoms with E-state index in [0.29, 0.717) is 10.0 Å². The minimum absolute atomic E-state index is 0.00972. The zero-order valence-corrected chi connectivity index (χ0v) is 18.0. The Kier molecular flexibility index (Phi) is 6.22. The molecule has 0 saturated heterocycles. The Morgan fingerprint density at radius 1 is 1.21 bits per heavy atom. The molecule has 152 valence electrons. The van der Waals surface area contributed by atoms with Crippen LogP contribution in [0, 0.1) is 0 Å². The van der Waals surface area contributed by atoms with Gasteiger partial charge >= 0.3 is 5.97 Å². The summed E-state index contributed by atoms with van der Waals surface area (Å²) in [5, 5.41) is 11.6. The molecule has 3 N–H and O–H groups in total. The molecule has 7 nitrogen and oxygen atoms in total. The number of carboxylic acids is 1. The van der Waals surface area contributed by atoms with Crippen molar-refractivity contribution in [2.45, 2.75) is 48.7 Å². The Hall–Kier alpha value is -1.97. The van der Waals surface area contributed by atoms with Gasteiger partial charge in [0.1, 0.15) is 0 Å². The van der Waals surface area contributed by atoms with Crippen LogP contribution in [-0.4, -0.2) is 35.1 Å². The van der Waals surface area contributed by atoms with Crippen LogP contribution < -0.4 is 5.73 Å². The molecule has 0 unspecified atom stereocenters. The quantitative estimate of drug-likeness (QED) is 0.744. The fraction of sp³-hybridized carbons (Fsp3) is 0.389. The van der Waals surface area contributed by atoms with Gasteiger partial charge in [-0.3, -0.25) is 9.59 Å². The van der Waals surface area contributed by atoms with E-state index >= 15 is 0 Å². The Bertz CT molecular complexity index is 988. The van der Waals surface area contributed by atoms with Gasteiger partial charge in [-0.05, 0) is 37.1 Å². The van der Waals surface area contributed by atoms with Crippen molar-refractivity contribution in [3.05, 3.63) is 45.4 Å². The number of rotatable bonds is 4. The molecule has 1 saturated carbocycles. The highest BCUT2D eigenvalue weighted by molar-refractivity contribution is 7.94. The van der Waals surface area contributed by atoms with Crippen LogP contribution in [-0.2, 0) is 20.0 Å². The fourth-order valence-corrected chi connectivity index (χ4v) is 5.12. The summed E-state index contributed by atoms with van der Waals surface area (Å²) in [6, 6.07) is 5.54. The van der Waals surface area contributed by atoms with E-state index in [4.69, 9.17) is 22.4 Å². The molecule has 0 atom stereocenters. The van der Waals surface area contributed by atoms with E-state index in [2.05, 4.69) is 4.98 Å². The van der Waals surface area contributed by atoms with E-state index in [0.717, 1.165) is 5.69 Å². The molecule has 1 fully saturated rings. The predicted octanol–water partition coefficient (Wildman–Crippen LogP) is 3.27.